The number of thiophene rings is 1. The Labute approximate surface area is 132 Å². The second kappa shape index (κ2) is 6.50. The van der Waals surface area contributed by atoms with Crippen molar-refractivity contribution in [2.24, 2.45) is 0 Å². The number of nitrogens with one attached hydrogen (secondary N) is 1. The Bertz CT molecular complexity index is 687. The summed E-state index contributed by atoms with van der Waals surface area (Å²) in [5.74, 6) is 2.49. The van der Waals surface area contributed by atoms with Gasteiger partial charge in [-0.3, -0.25) is 4.79 Å². The van der Waals surface area contributed by atoms with Gasteiger partial charge in [-0.15, -0.1) is 11.3 Å². The molecule has 0 saturated carbocycles. The van der Waals surface area contributed by atoms with Crippen LogP contribution >= 0.6 is 23.1 Å². The summed E-state index contributed by atoms with van der Waals surface area (Å²) in [7, 11) is 0. The minimum atomic E-state index is -0.00799. The third-order valence-electron chi connectivity index (χ3n) is 3.90. The standard InChI is InChI=1S/C15H20N2O2S2/c1-9-10(2)21-15-13(9)14(18)16-12(17-15)8-20-7-11-5-3-4-6-19-11/h11H,3-8H2,1-2H3,(H,16,17,18)/t11-/m0/s1. The highest BCUT2D eigenvalue weighted by atomic mass is 32.2. The van der Waals surface area contributed by atoms with E-state index < -0.39 is 0 Å². The van der Waals surface area contributed by atoms with Gasteiger partial charge in [-0.1, -0.05) is 0 Å². The lowest BCUT2D eigenvalue weighted by Crippen LogP contribution is -2.21. The molecule has 0 radical (unpaired) electrons. The van der Waals surface area contributed by atoms with Crippen LogP contribution in [0, 0.1) is 13.8 Å². The SMILES string of the molecule is Cc1sc2nc(CSC[C@@H]3CCCCO3)[nH]c(=O)c2c1C. The third-order valence-corrected chi connectivity index (χ3v) is 6.09. The second-order valence-corrected chi connectivity index (χ2v) is 7.71. The number of ether oxygens (including phenoxy) is 1. The molecule has 21 heavy (non-hydrogen) atoms. The average molecular weight is 324 g/mol. The van der Waals surface area contributed by atoms with E-state index in [9.17, 15) is 4.79 Å². The summed E-state index contributed by atoms with van der Waals surface area (Å²) >= 11 is 3.39. The molecule has 1 fully saturated rings. The van der Waals surface area contributed by atoms with E-state index in [1.54, 1.807) is 23.1 Å². The van der Waals surface area contributed by atoms with Gasteiger partial charge >= 0.3 is 0 Å². The Hall–Kier alpha value is -0.850. The lowest BCUT2D eigenvalue weighted by atomic mass is 10.1. The number of nitrogens with zero attached hydrogens (tertiary/aromatic N) is 1. The monoisotopic (exact) mass is 324 g/mol. The van der Waals surface area contributed by atoms with Gasteiger partial charge in [0.2, 0.25) is 0 Å². The van der Waals surface area contributed by atoms with Crippen LogP contribution in [0.2, 0.25) is 0 Å². The number of hydrogen-bond donors (Lipinski definition) is 1. The van der Waals surface area contributed by atoms with Crippen LogP contribution in [0.4, 0.5) is 0 Å². The number of aromatic amines is 1. The predicted octanol–water partition coefficient (Wildman–Crippen LogP) is 3.40. The van der Waals surface area contributed by atoms with Crippen LogP contribution in [0.1, 0.15) is 35.5 Å². The molecule has 0 bridgehead atoms. The summed E-state index contributed by atoms with van der Waals surface area (Å²) in [5, 5.41) is 0.752. The minimum Gasteiger partial charge on any atom is -0.377 e. The number of thioether (sulfide) groups is 1. The molecule has 0 unspecified atom stereocenters. The molecule has 3 heterocycles. The fourth-order valence-corrected chi connectivity index (χ4v) is 4.62. The van der Waals surface area contributed by atoms with Crippen molar-refractivity contribution in [2.75, 3.05) is 12.4 Å². The zero-order valence-corrected chi connectivity index (χ0v) is 14.0. The highest BCUT2D eigenvalue weighted by Gasteiger charge is 2.15. The van der Waals surface area contributed by atoms with Crippen LogP contribution in [0.25, 0.3) is 10.2 Å². The van der Waals surface area contributed by atoms with Crippen molar-refractivity contribution >= 4 is 33.3 Å². The molecule has 4 nitrogen and oxygen atoms in total. The van der Waals surface area contributed by atoms with Crippen LogP contribution in [-0.2, 0) is 10.5 Å². The molecule has 0 aromatic carbocycles. The first-order valence-electron chi connectivity index (χ1n) is 7.33. The van der Waals surface area contributed by atoms with Gasteiger partial charge in [0.1, 0.15) is 10.7 Å². The van der Waals surface area contributed by atoms with E-state index in [4.69, 9.17) is 4.74 Å². The maximum atomic E-state index is 12.2. The first-order valence-corrected chi connectivity index (χ1v) is 9.30. The Morgan fingerprint density at radius 1 is 1.43 bits per heavy atom. The highest BCUT2D eigenvalue weighted by molar-refractivity contribution is 7.98. The van der Waals surface area contributed by atoms with Crippen molar-refractivity contribution in [2.45, 2.75) is 45.0 Å². The van der Waals surface area contributed by atoms with E-state index >= 15 is 0 Å². The van der Waals surface area contributed by atoms with Crippen molar-refractivity contribution in [3.8, 4) is 0 Å². The molecule has 1 saturated heterocycles. The van der Waals surface area contributed by atoms with Gasteiger partial charge in [0.05, 0.1) is 17.2 Å². The molecule has 2 aromatic rings. The number of aryl methyl sites for hydroxylation is 2. The summed E-state index contributed by atoms with van der Waals surface area (Å²) in [5.41, 5.74) is 1.05. The first kappa shape index (κ1) is 15.1. The van der Waals surface area contributed by atoms with E-state index in [2.05, 4.69) is 9.97 Å². The molecule has 1 aliphatic rings. The van der Waals surface area contributed by atoms with E-state index in [1.807, 2.05) is 13.8 Å². The number of H-pyrrole nitrogens is 1. The fraction of sp³-hybridized carbons (Fsp3) is 0.600. The summed E-state index contributed by atoms with van der Waals surface area (Å²) in [6.45, 7) is 4.91. The minimum absolute atomic E-state index is 0.00799. The van der Waals surface area contributed by atoms with Crippen molar-refractivity contribution in [3.05, 3.63) is 26.6 Å². The molecule has 1 aliphatic heterocycles. The Morgan fingerprint density at radius 3 is 3.05 bits per heavy atom. The molecule has 1 N–H and O–H groups in total. The molecule has 114 valence electrons. The fourth-order valence-electron chi connectivity index (χ4n) is 2.59. The van der Waals surface area contributed by atoms with Crippen molar-refractivity contribution in [1.29, 1.82) is 0 Å². The predicted molar refractivity (Wildman–Crippen MR) is 89.5 cm³/mol. The number of hydrogen-bond acceptors (Lipinski definition) is 5. The summed E-state index contributed by atoms with van der Waals surface area (Å²) in [6.07, 6.45) is 3.97. The second-order valence-electron chi connectivity index (χ2n) is 5.48. The Morgan fingerprint density at radius 2 is 2.29 bits per heavy atom. The summed E-state index contributed by atoms with van der Waals surface area (Å²) in [6, 6.07) is 0. The van der Waals surface area contributed by atoms with Gasteiger partial charge in [-0.25, -0.2) is 4.98 Å². The van der Waals surface area contributed by atoms with Gasteiger partial charge < -0.3 is 9.72 Å². The zero-order valence-electron chi connectivity index (χ0n) is 12.4. The van der Waals surface area contributed by atoms with Gasteiger partial charge in [-0.2, -0.15) is 11.8 Å². The van der Waals surface area contributed by atoms with Crippen molar-refractivity contribution < 1.29 is 4.74 Å². The summed E-state index contributed by atoms with van der Waals surface area (Å²) < 4.78 is 5.72. The van der Waals surface area contributed by atoms with Gasteiger partial charge in [0, 0.05) is 17.2 Å². The van der Waals surface area contributed by atoms with Crippen LogP contribution in [-0.4, -0.2) is 28.4 Å². The van der Waals surface area contributed by atoms with Crippen LogP contribution in [0.3, 0.4) is 0 Å². The summed E-state index contributed by atoms with van der Waals surface area (Å²) in [4.78, 5) is 21.7. The van der Waals surface area contributed by atoms with Crippen molar-refractivity contribution in [3.63, 3.8) is 0 Å². The topological polar surface area (TPSA) is 55.0 Å². The van der Waals surface area contributed by atoms with E-state index in [0.717, 1.165) is 46.1 Å². The molecular weight excluding hydrogens is 304 g/mol. The Kier molecular flexibility index (Phi) is 4.66. The number of fused-ring (bicyclic) bond motifs is 1. The van der Waals surface area contributed by atoms with E-state index in [-0.39, 0.29) is 5.56 Å². The van der Waals surface area contributed by atoms with E-state index in [0.29, 0.717) is 6.10 Å². The first-order chi connectivity index (χ1) is 10.1. The molecule has 1 atom stereocenters. The smallest absolute Gasteiger partial charge is 0.259 e. The molecule has 0 spiro atoms. The normalized spacial score (nSPS) is 19.2. The largest absolute Gasteiger partial charge is 0.377 e. The van der Waals surface area contributed by atoms with Crippen LogP contribution in [0.15, 0.2) is 4.79 Å². The number of rotatable bonds is 4. The third kappa shape index (κ3) is 3.33. The average Bonchev–Trinajstić information content (AvgIpc) is 2.75. The van der Waals surface area contributed by atoms with Crippen LogP contribution in [0.5, 0.6) is 0 Å². The molecule has 3 rings (SSSR count). The lowest BCUT2D eigenvalue weighted by Gasteiger charge is -2.21. The maximum Gasteiger partial charge on any atom is 0.259 e. The molecular formula is C15H20N2O2S2. The highest BCUT2D eigenvalue weighted by Crippen LogP contribution is 2.26. The van der Waals surface area contributed by atoms with Gasteiger partial charge in [0.15, 0.2) is 0 Å². The van der Waals surface area contributed by atoms with Crippen LogP contribution < -0.4 is 5.56 Å². The zero-order chi connectivity index (χ0) is 14.8. The maximum absolute atomic E-state index is 12.2. The lowest BCUT2D eigenvalue weighted by molar-refractivity contribution is 0.0315. The Balaban J connectivity index is 1.68. The molecule has 0 aliphatic carbocycles. The molecule has 2 aromatic heterocycles. The van der Waals surface area contributed by atoms with E-state index in [1.165, 1.54) is 17.7 Å². The van der Waals surface area contributed by atoms with Gasteiger partial charge in [-0.05, 0) is 38.7 Å². The van der Waals surface area contributed by atoms with Gasteiger partial charge in [0.25, 0.3) is 5.56 Å². The van der Waals surface area contributed by atoms with Crippen molar-refractivity contribution in [1.82, 2.24) is 9.97 Å². The molecule has 0 amide bonds. The quantitative estimate of drug-likeness (QED) is 0.936. The number of aromatic nitrogens is 2. The molecule has 6 heteroatoms.